The minimum atomic E-state index is -0.142. The average Bonchev–Trinajstić information content (AvgIpc) is 2.71. The lowest BCUT2D eigenvalue weighted by Crippen LogP contribution is -2.42. The number of urea groups is 1. The van der Waals surface area contributed by atoms with Crippen LogP contribution in [0.4, 0.5) is 4.79 Å². The summed E-state index contributed by atoms with van der Waals surface area (Å²) >= 11 is 0. The van der Waals surface area contributed by atoms with E-state index in [1.807, 2.05) is 24.7 Å². The molecule has 1 aromatic rings. The number of hydrogen-bond donors (Lipinski definition) is 2. The normalized spacial score (nSPS) is 17.4. The molecule has 1 aromatic heterocycles. The molecule has 3 amide bonds. The van der Waals surface area contributed by atoms with Crippen molar-refractivity contribution in [1.29, 1.82) is 0 Å². The van der Waals surface area contributed by atoms with Crippen molar-refractivity contribution in [3.05, 3.63) is 17.5 Å². The van der Waals surface area contributed by atoms with E-state index in [0.29, 0.717) is 26.1 Å². The van der Waals surface area contributed by atoms with E-state index in [1.165, 1.54) is 0 Å². The topological polar surface area (TPSA) is 79.3 Å². The molecule has 128 valence electrons. The Morgan fingerprint density at radius 3 is 2.70 bits per heavy atom. The summed E-state index contributed by atoms with van der Waals surface area (Å²) in [4.78, 5) is 25.4. The van der Waals surface area contributed by atoms with Gasteiger partial charge in [-0.2, -0.15) is 5.10 Å². The first-order chi connectivity index (χ1) is 10.7. The van der Waals surface area contributed by atoms with Crippen molar-refractivity contribution in [1.82, 2.24) is 25.3 Å². The van der Waals surface area contributed by atoms with Gasteiger partial charge in [-0.1, -0.05) is 0 Å². The highest BCUT2D eigenvalue weighted by Crippen LogP contribution is 2.21. The summed E-state index contributed by atoms with van der Waals surface area (Å²) in [6.07, 6.45) is 2.34. The van der Waals surface area contributed by atoms with E-state index in [-0.39, 0.29) is 23.5 Å². The van der Waals surface area contributed by atoms with Crippen molar-refractivity contribution in [3.8, 4) is 0 Å². The number of carbonyl (C=O) groups excluding carboxylic acids is 2. The molecule has 0 aromatic carbocycles. The van der Waals surface area contributed by atoms with Crippen LogP contribution in [0.3, 0.4) is 0 Å². The van der Waals surface area contributed by atoms with Gasteiger partial charge in [0.15, 0.2) is 0 Å². The molecule has 0 aliphatic carbocycles. The van der Waals surface area contributed by atoms with Crippen LogP contribution in [0.1, 0.15) is 51.4 Å². The number of aryl methyl sites for hydroxylation is 1. The third kappa shape index (κ3) is 4.24. The highest BCUT2D eigenvalue weighted by atomic mass is 16.2. The molecule has 2 heterocycles. The maximum absolute atomic E-state index is 12.4. The predicted octanol–water partition coefficient (Wildman–Crippen LogP) is 1.54. The summed E-state index contributed by atoms with van der Waals surface area (Å²) in [5, 5.41) is 10.3. The Morgan fingerprint density at radius 1 is 1.39 bits per heavy atom. The Kier molecular flexibility index (Phi) is 4.97. The summed E-state index contributed by atoms with van der Waals surface area (Å²) in [6, 6.07) is -0.276. The lowest BCUT2D eigenvalue weighted by molar-refractivity contribution is -0.120. The van der Waals surface area contributed by atoms with Crippen molar-refractivity contribution in [2.75, 3.05) is 19.6 Å². The second-order valence-electron chi connectivity index (χ2n) is 7.04. The highest BCUT2D eigenvalue weighted by molar-refractivity contribution is 5.79. The highest BCUT2D eigenvalue weighted by Gasteiger charge is 2.23. The fourth-order valence-electron chi connectivity index (χ4n) is 2.57. The average molecular weight is 321 g/mol. The molecule has 7 nitrogen and oxygen atoms in total. The zero-order valence-corrected chi connectivity index (χ0v) is 14.6. The minimum Gasteiger partial charge on any atom is -0.354 e. The third-order valence-electron chi connectivity index (χ3n) is 4.03. The fraction of sp³-hybridized carbons (Fsp3) is 0.688. The number of nitrogens with zero attached hydrogens (tertiary/aromatic N) is 3. The van der Waals surface area contributed by atoms with Crippen LogP contribution < -0.4 is 10.6 Å². The molecule has 7 heteroatoms. The molecule has 0 saturated carbocycles. The largest absolute Gasteiger partial charge is 0.354 e. The second kappa shape index (κ2) is 6.60. The first kappa shape index (κ1) is 17.3. The van der Waals surface area contributed by atoms with Gasteiger partial charge in [-0.25, -0.2) is 4.79 Å². The molecular formula is C16H27N5O2. The Morgan fingerprint density at radius 2 is 2.09 bits per heavy atom. The van der Waals surface area contributed by atoms with Gasteiger partial charge in [-0.15, -0.1) is 0 Å². The summed E-state index contributed by atoms with van der Waals surface area (Å²) in [5.41, 5.74) is 1.83. The first-order valence-electron chi connectivity index (χ1n) is 8.07. The van der Waals surface area contributed by atoms with Crippen LogP contribution in [-0.2, 0) is 10.3 Å². The van der Waals surface area contributed by atoms with Crippen LogP contribution in [0.15, 0.2) is 6.20 Å². The van der Waals surface area contributed by atoms with Crippen LogP contribution in [0.5, 0.6) is 0 Å². The zero-order valence-electron chi connectivity index (χ0n) is 14.6. The summed E-state index contributed by atoms with van der Waals surface area (Å²) < 4.78 is 1.93. The Hall–Kier alpha value is -2.05. The smallest absolute Gasteiger partial charge is 0.317 e. The van der Waals surface area contributed by atoms with Gasteiger partial charge >= 0.3 is 6.03 Å². The maximum Gasteiger partial charge on any atom is 0.317 e. The lowest BCUT2D eigenvalue weighted by Gasteiger charge is -2.23. The van der Waals surface area contributed by atoms with Crippen LogP contribution in [0.2, 0.25) is 0 Å². The molecule has 1 aliphatic heterocycles. The molecule has 1 atom stereocenters. The standard InChI is InChI=1S/C16H27N5O2/c1-11(13-10-21(16(3,4)5)19-12(13)2)18-15(23)20-8-6-14(22)17-7-9-20/h10-11H,6-9H2,1-5H3,(H,17,22)(H,18,23)/t11-/m0/s1. The molecule has 2 rings (SSSR count). The van der Waals surface area contributed by atoms with Gasteiger partial charge < -0.3 is 15.5 Å². The van der Waals surface area contributed by atoms with Crippen LogP contribution in [-0.4, -0.2) is 46.3 Å². The molecule has 1 saturated heterocycles. The molecular weight excluding hydrogens is 294 g/mol. The lowest BCUT2D eigenvalue weighted by atomic mass is 10.1. The van der Waals surface area contributed by atoms with Gasteiger partial charge in [0.05, 0.1) is 17.3 Å². The predicted molar refractivity (Wildman–Crippen MR) is 88.1 cm³/mol. The number of rotatable bonds is 2. The van der Waals surface area contributed by atoms with Gasteiger partial charge in [0, 0.05) is 37.8 Å². The summed E-state index contributed by atoms with van der Waals surface area (Å²) in [6.45, 7) is 11.7. The summed E-state index contributed by atoms with van der Waals surface area (Å²) in [5.74, 6) is -0.00403. The monoisotopic (exact) mass is 321 g/mol. The number of carbonyl (C=O) groups is 2. The quantitative estimate of drug-likeness (QED) is 0.867. The van der Waals surface area contributed by atoms with E-state index in [2.05, 4.69) is 36.5 Å². The fourth-order valence-corrected chi connectivity index (χ4v) is 2.57. The SMILES string of the molecule is Cc1nn(C(C)(C)C)cc1[C@H](C)NC(=O)N1CCNC(=O)CC1. The van der Waals surface area contributed by atoms with Crippen molar-refractivity contribution < 1.29 is 9.59 Å². The van der Waals surface area contributed by atoms with E-state index in [1.54, 1.807) is 4.90 Å². The van der Waals surface area contributed by atoms with E-state index in [0.717, 1.165) is 11.3 Å². The van der Waals surface area contributed by atoms with Crippen molar-refractivity contribution in [2.45, 2.75) is 52.6 Å². The van der Waals surface area contributed by atoms with Crippen LogP contribution >= 0.6 is 0 Å². The maximum atomic E-state index is 12.4. The van der Waals surface area contributed by atoms with Gasteiger partial charge in [0.25, 0.3) is 0 Å². The van der Waals surface area contributed by atoms with Gasteiger partial charge in [0.2, 0.25) is 5.91 Å². The number of nitrogens with one attached hydrogen (secondary N) is 2. The number of hydrogen-bond acceptors (Lipinski definition) is 3. The molecule has 0 radical (unpaired) electrons. The van der Waals surface area contributed by atoms with E-state index in [9.17, 15) is 9.59 Å². The first-order valence-corrected chi connectivity index (χ1v) is 8.07. The Balaban J connectivity index is 2.03. The molecule has 2 N–H and O–H groups in total. The summed E-state index contributed by atoms with van der Waals surface area (Å²) in [7, 11) is 0. The second-order valence-corrected chi connectivity index (χ2v) is 7.04. The molecule has 0 spiro atoms. The van der Waals surface area contributed by atoms with E-state index >= 15 is 0 Å². The van der Waals surface area contributed by atoms with Crippen LogP contribution in [0.25, 0.3) is 0 Å². The molecule has 1 aliphatic rings. The molecule has 0 bridgehead atoms. The molecule has 23 heavy (non-hydrogen) atoms. The van der Waals surface area contributed by atoms with Crippen LogP contribution in [0, 0.1) is 6.92 Å². The van der Waals surface area contributed by atoms with Gasteiger partial charge in [-0.05, 0) is 34.6 Å². The van der Waals surface area contributed by atoms with Gasteiger partial charge in [-0.3, -0.25) is 9.48 Å². The Labute approximate surface area is 137 Å². The van der Waals surface area contributed by atoms with Crippen molar-refractivity contribution in [3.63, 3.8) is 0 Å². The van der Waals surface area contributed by atoms with E-state index < -0.39 is 0 Å². The van der Waals surface area contributed by atoms with Crippen molar-refractivity contribution in [2.24, 2.45) is 0 Å². The number of amides is 3. The molecule has 0 unspecified atom stereocenters. The van der Waals surface area contributed by atoms with Crippen molar-refractivity contribution >= 4 is 11.9 Å². The third-order valence-corrected chi connectivity index (χ3v) is 4.03. The number of aromatic nitrogens is 2. The molecule has 1 fully saturated rings. The minimum absolute atomic E-state index is 0.00403. The zero-order chi connectivity index (χ0) is 17.2. The van der Waals surface area contributed by atoms with Gasteiger partial charge in [0.1, 0.15) is 0 Å². The van der Waals surface area contributed by atoms with E-state index in [4.69, 9.17) is 0 Å². The Bertz CT molecular complexity index is 588.